The predicted molar refractivity (Wildman–Crippen MR) is 63.0 cm³/mol. The number of carbonyl (C=O) groups is 1. The molecule has 0 aliphatic rings. The van der Waals surface area contributed by atoms with E-state index in [4.69, 9.17) is 5.73 Å². The summed E-state index contributed by atoms with van der Waals surface area (Å²) in [6, 6.07) is 6.54. The van der Waals surface area contributed by atoms with Crippen LogP contribution in [0.15, 0.2) is 24.3 Å². The molecule has 1 amide bonds. The second kappa shape index (κ2) is 5.86. The molecule has 3 nitrogen and oxygen atoms in total. The Kier molecular flexibility index (Phi) is 4.72. The third-order valence-electron chi connectivity index (χ3n) is 2.33. The number of nitrogens with two attached hydrogens (primary N) is 1. The van der Waals surface area contributed by atoms with E-state index in [0.29, 0.717) is 5.69 Å². The Morgan fingerprint density at radius 3 is 2.67 bits per heavy atom. The summed E-state index contributed by atoms with van der Waals surface area (Å²) in [5, 5.41) is 2.42. The van der Waals surface area contributed by atoms with Gasteiger partial charge in [0.15, 0.2) is 0 Å². The Labute approximate surface area is 103 Å². The number of benzene rings is 1. The summed E-state index contributed by atoms with van der Waals surface area (Å²) in [5.41, 5.74) is 6.93. The molecule has 0 aromatic heterocycles. The molecule has 0 spiro atoms. The summed E-state index contributed by atoms with van der Waals surface area (Å²) in [7, 11) is 0. The fraction of sp³-hybridized carbons (Fsp3) is 0.417. The number of anilines is 1. The largest absolute Gasteiger partial charge is 0.389 e. The topological polar surface area (TPSA) is 55.1 Å². The van der Waals surface area contributed by atoms with Crippen molar-refractivity contribution < 1.29 is 18.0 Å². The molecule has 6 heteroatoms. The van der Waals surface area contributed by atoms with Crippen molar-refractivity contribution in [2.45, 2.75) is 32.0 Å². The highest BCUT2D eigenvalue weighted by atomic mass is 19.4. The smallest absolute Gasteiger partial charge is 0.326 e. The molecule has 1 aromatic rings. The molecule has 1 aromatic carbocycles. The maximum atomic E-state index is 11.9. The number of rotatable bonds is 4. The van der Waals surface area contributed by atoms with Crippen molar-refractivity contribution in [2.75, 3.05) is 5.32 Å². The molecule has 0 saturated carbocycles. The number of carbonyl (C=O) groups excluding carboxylic acids is 1. The van der Waals surface area contributed by atoms with E-state index < -0.39 is 24.9 Å². The van der Waals surface area contributed by atoms with Gasteiger partial charge in [0.05, 0.1) is 6.42 Å². The van der Waals surface area contributed by atoms with E-state index in [1.165, 1.54) is 0 Å². The number of nitrogens with one attached hydrogen (secondary N) is 1. The summed E-state index contributed by atoms with van der Waals surface area (Å²) in [6.07, 6.45) is -6.01. The van der Waals surface area contributed by atoms with Gasteiger partial charge >= 0.3 is 6.18 Å². The normalized spacial score (nSPS) is 13.2. The van der Waals surface area contributed by atoms with Crippen LogP contribution in [0.4, 0.5) is 18.9 Å². The number of hydrogen-bond donors (Lipinski definition) is 2. The first-order chi connectivity index (χ1) is 8.28. The maximum absolute atomic E-state index is 11.9. The number of amides is 1. The number of alkyl halides is 3. The zero-order chi connectivity index (χ0) is 13.8. The summed E-state index contributed by atoms with van der Waals surface area (Å²) >= 11 is 0. The molecule has 1 rings (SSSR count). The lowest BCUT2D eigenvalue weighted by Gasteiger charge is -2.10. The lowest BCUT2D eigenvalue weighted by atomic mass is 10.1. The monoisotopic (exact) mass is 260 g/mol. The van der Waals surface area contributed by atoms with Gasteiger partial charge in [0.2, 0.25) is 5.91 Å². The van der Waals surface area contributed by atoms with Crippen LogP contribution in [-0.2, 0) is 4.79 Å². The van der Waals surface area contributed by atoms with Crippen LogP contribution in [0.2, 0.25) is 0 Å². The van der Waals surface area contributed by atoms with Gasteiger partial charge in [-0.2, -0.15) is 13.2 Å². The van der Waals surface area contributed by atoms with Gasteiger partial charge in [0, 0.05) is 18.2 Å². The highest BCUT2D eigenvalue weighted by molar-refractivity contribution is 5.90. The van der Waals surface area contributed by atoms with Gasteiger partial charge in [0.1, 0.15) is 0 Å². The molecule has 0 radical (unpaired) electrons. The van der Waals surface area contributed by atoms with E-state index in [0.717, 1.165) is 5.56 Å². The minimum Gasteiger partial charge on any atom is -0.326 e. The number of halogens is 3. The molecular formula is C12H15F3N2O. The van der Waals surface area contributed by atoms with E-state index in [1.807, 2.05) is 0 Å². The van der Waals surface area contributed by atoms with Gasteiger partial charge in [-0.05, 0) is 24.6 Å². The van der Waals surface area contributed by atoms with Crippen LogP contribution < -0.4 is 11.1 Å². The van der Waals surface area contributed by atoms with Crippen molar-refractivity contribution in [1.29, 1.82) is 0 Å². The molecule has 1 atom stereocenters. The van der Waals surface area contributed by atoms with Crippen molar-refractivity contribution in [3.05, 3.63) is 29.8 Å². The van der Waals surface area contributed by atoms with E-state index >= 15 is 0 Å². The molecule has 0 heterocycles. The van der Waals surface area contributed by atoms with E-state index in [2.05, 4.69) is 5.32 Å². The van der Waals surface area contributed by atoms with E-state index in [9.17, 15) is 18.0 Å². The third kappa shape index (κ3) is 5.18. The maximum Gasteiger partial charge on any atom is 0.389 e. The van der Waals surface area contributed by atoms with E-state index in [1.54, 1.807) is 31.2 Å². The SMILES string of the molecule is CC(N)c1cccc(NC(=O)CCC(F)(F)F)c1. The Bertz CT molecular complexity index is 416. The molecular weight excluding hydrogens is 245 g/mol. The molecule has 1 unspecified atom stereocenters. The molecule has 18 heavy (non-hydrogen) atoms. The Balaban J connectivity index is 2.57. The minimum absolute atomic E-state index is 0.197. The van der Waals surface area contributed by atoms with Gasteiger partial charge in [-0.25, -0.2) is 0 Å². The first-order valence-corrected chi connectivity index (χ1v) is 5.50. The van der Waals surface area contributed by atoms with Crippen LogP contribution in [0.1, 0.15) is 31.4 Å². The second-order valence-corrected chi connectivity index (χ2v) is 4.08. The average molecular weight is 260 g/mol. The molecule has 100 valence electrons. The van der Waals surface area contributed by atoms with Crippen LogP contribution in [0.3, 0.4) is 0 Å². The van der Waals surface area contributed by atoms with Crippen molar-refractivity contribution in [3.63, 3.8) is 0 Å². The quantitative estimate of drug-likeness (QED) is 0.874. The number of hydrogen-bond acceptors (Lipinski definition) is 2. The summed E-state index contributed by atoms with van der Waals surface area (Å²) in [4.78, 5) is 11.3. The van der Waals surface area contributed by atoms with E-state index in [-0.39, 0.29) is 6.04 Å². The van der Waals surface area contributed by atoms with Gasteiger partial charge in [-0.1, -0.05) is 12.1 Å². The third-order valence-corrected chi connectivity index (χ3v) is 2.33. The first kappa shape index (κ1) is 14.5. The van der Waals surface area contributed by atoms with Crippen LogP contribution in [0.25, 0.3) is 0 Å². The van der Waals surface area contributed by atoms with Crippen molar-refractivity contribution in [3.8, 4) is 0 Å². The lowest BCUT2D eigenvalue weighted by Crippen LogP contribution is -2.16. The Morgan fingerprint density at radius 1 is 1.44 bits per heavy atom. The highest BCUT2D eigenvalue weighted by Crippen LogP contribution is 2.22. The van der Waals surface area contributed by atoms with Crippen LogP contribution in [0, 0.1) is 0 Å². The Hall–Kier alpha value is -1.56. The Morgan fingerprint density at radius 2 is 2.11 bits per heavy atom. The van der Waals surface area contributed by atoms with Crippen molar-refractivity contribution in [1.82, 2.24) is 0 Å². The first-order valence-electron chi connectivity index (χ1n) is 5.50. The van der Waals surface area contributed by atoms with Gasteiger partial charge < -0.3 is 11.1 Å². The standard InChI is InChI=1S/C12H15F3N2O/c1-8(16)9-3-2-4-10(7-9)17-11(18)5-6-12(13,14)15/h2-4,7-8H,5-6,16H2,1H3,(H,17,18). The molecule has 3 N–H and O–H groups in total. The zero-order valence-corrected chi connectivity index (χ0v) is 9.92. The second-order valence-electron chi connectivity index (χ2n) is 4.08. The summed E-state index contributed by atoms with van der Waals surface area (Å²) in [6.45, 7) is 1.78. The fourth-order valence-electron chi connectivity index (χ4n) is 1.38. The van der Waals surface area contributed by atoms with Crippen LogP contribution in [-0.4, -0.2) is 12.1 Å². The predicted octanol–water partition coefficient (Wildman–Crippen LogP) is 2.99. The van der Waals surface area contributed by atoms with Gasteiger partial charge in [-0.3, -0.25) is 4.79 Å². The zero-order valence-electron chi connectivity index (χ0n) is 9.92. The fourth-order valence-corrected chi connectivity index (χ4v) is 1.38. The minimum atomic E-state index is -4.31. The molecule has 0 aliphatic carbocycles. The van der Waals surface area contributed by atoms with Crippen LogP contribution >= 0.6 is 0 Å². The molecule has 0 aliphatic heterocycles. The van der Waals surface area contributed by atoms with Crippen molar-refractivity contribution >= 4 is 11.6 Å². The molecule has 0 bridgehead atoms. The molecule has 0 saturated heterocycles. The van der Waals surface area contributed by atoms with Crippen LogP contribution in [0.5, 0.6) is 0 Å². The lowest BCUT2D eigenvalue weighted by molar-refractivity contribution is -0.142. The summed E-state index contributed by atoms with van der Waals surface area (Å²) < 4.78 is 35.8. The summed E-state index contributed by atoms with van der Waals surface area (Å²) in [5.74, 6) is -0.658. The van der Waals surface area contributed by atoms with Crippen molar-refractivity contribution in [2.24, 2.45) is 5.73 Å². The molecule has 0 fully saturated rings. The average Bonchev–Trinajstić information content (AvgIpc) is 2.26. The highest BCUT2D eigenvalue weighted by Gasteiger charge is 2.27. The van der Waals surface area contributed by atoms with Gasteiger partial charge in [0.25, 0.3) is 0 Å². The van der Waals surface area contributed by atoms with Gasteiger partial charge in [-0.15, -0.1) is 0 Å².